The summed E-state index contributed by atoms with van der Waals surface area (Å²) in [4.78, 5) is 0.0384. The highest BCUT2D eigenvalue weighted by Gasteiger charge is 2.25. The highest BCUT2D eigenvalue weighted by atomic mass is 32.2. The average Bonchev–Trinajstić information content (AvgIpc) is 2.66. The minimum atomic E-state index is -3.83. The highest BCUT2D eigenvalue weighted by Crippen LogP contribution is 2.34. The lowest BCUT2D eigenvalue weighted by Gasteiger charge is -2.21. The molecule has 1 atom stereocenters. The van der Waals surface area contributed by atoms with Crippen molar-refractivity contribution in [2.75, 3.05) is 21.3 Å². The van der Waals surface area contributed by atoms with E-state index < -0.39 is 16.1 Å². The van der Waals surface area contributed by atoms with E-state index in [-0.39, 0.29) is 16.6 Å². The SMILES string of the molecule is COc1ccc(OC)c(S(=O)(=O)NC(C)c2cc(C(C)C)c(OC)cc2C)c1. The molecule has 0 fully saturated rings. The highest BCUT2D eigenvalue weighted by molar-refractivity contribution is 7.89. The van der Waals surface area contributed by atoms with Crippen LogP contribution in [0.1, 0.15) is 49.4 Å². The Hall–Kier alpha value is -2.25. The van der Waals surface area contributed by atoms with Gasteiger partial charge in [-0.25, -0.2) is 13.1 Å². The molecule has 0 spiro atoms. The first-order chi connectivity index (χ1) is 13.1. The van der Waals surface area contributed by atoms with Gasteiger partial charge < -0.3 is 14.2 Å². The van der Waals surface area contributed by atoms with E-state index in [0.717, 1.165) is 22.4 Å². The summed E-state index contributed by atoms with van der Waals surface area (Å²) in [6.07, 6.45) is 0. The zero-order valence-corrected chi connectivity index (χ0v) is 18.3. The van der Waals surface area contributed by atoms with Gasteiger partial charge in [0.1, 0.15) is 22.1 Å². The van der Waals surface area contributed by atoms with Gasteiger partial charge in [0.05, 0.1) is 21.3 Å². The van der Waals surface area contributed by atoms with Crippen molar-refractivity contribution in [1.29, 1.82) is 0 Å². The van der Waals surface area contributed by atoms with Crippen LogP contribution in [0.2, 0.25) is 0 Å². The molecule has 2 rings (SSSR count). The lowest BCUT2D eigenvalue weighted by molar-refractivity contribution is 0.391. The molecule has 1 unspecified atom stereocenters. The summed E-state index contributed by atoms with van der Waals surface area (Å²) >= 11 is 0. The van der Waals surface area contributed by atoms with Crippen molar-refractivity contribution in [3.05, 3.63) is 47.0 Å². The van der Waals surface area contributed by atoms with Gasteiger partial charge in [0, 0.05) is 12.1 Å². The van der Waals surface area contributed by atoms with Gasteiger partial charge in [0.25, 0.3) is 0 Å². The monoisotopic (exact) mass is 407 g/mol. The Balaban J connectivity index is 2.44. The Kier molecular flexibility index (Phi) is 6.96. The van der Waals surface area contributed by atoms with E-state index in [0.29, 0.717) is 5.75 Å². The van der Waals surface area contributed by atoms with Crippen LogP contribution in [0.25, 0.3) is 0 Å². The number of aryl methyl sites for hydroxylation is 1. The molecule has 0 saturated carbocycles. The van der Waals surface area contributed by atoms with E-state index in [9.17, 15) is 8.42 Å². The summed E-state index contributed by atoms with van der Waals surface area (Å²) in [7, 11) is 0.731. The topological polar surface area (TPSA) is 73.9 Å². The van der Waals surface area contributed by atoms with Gasteiger partial charge >= 0.3 is 0 Å². The standard InChI is InChI=1S/C21H29NO5S/c1-13(2)17-12-18(14(3)10-20(17)27-7)15(4)22-28(23,24)21-11-16(25-5)8-9-19(21)26-6/h8-13,15,22H,1-7H3. The first kappa shape index (κ1) is 22.0. The molecule has 0 heterocycles. The number of ether oxygens (including phenoxy) is 3. The molecule has 0 aliphatic carbocycles. The van der Waals surface area contributed by atoms with Crippen LogP contribution in [0.4, 0.5) is 0 Å². The van der Waals surface area contributed by atoms with Crippen LogP contribution in [0.5, 0.6) is 17.2 Å². The maximum absolute atomic E-state index is 13.0. The summed E-state index contributed by atoms with van der Waals surface area (Å²) in [5.74, 6) is 1.75. The molecule has 28 heavy (non-hydrogen) atoms. The lowest BCUT2D eigenvalue weighted by atomic mass is 9.94. The van der Waals surface area contributed by atoms with Gasteiger partial charge in [0.15, 0.2) is 0 Å². The molecular formula is C21H29NO5S. The van der Waals surface area contributed by atoms with Crippen LogP contribution in [-0.4, -0.2) is 29.7 Å². The van der Waals surface area contributed by atoms with Crippen LogP contribution in [0.3, 0.4) is 0 Å². The van der Waals surface area contributed by atoms with E-state index in [1.165, 1.54) is 20.3 Å². The molecule has 0 aromatic heterocycles. The van der Waals surface area contributed by atoms with Crippen LogP contribution in [-0.2, 0) is 10.0 Å². The Morgan fingerprint density at radius 2 is 1.50 bits per heavy atom. The van der Waals surface area contributed by atoms with Gasteiger partial charge in [-0.15, -0.1) is 0 Å². The third-order valence-corrected chi connectivity index (χ3v) is 6.26. The summed E-state index contributed by atoms with van der Waals surface area (Å²) < 4.78 is 44.7. The van der Waals surface area contributed by atoms with Gasteiger partial charge in [-0.3, -0.25) is 0 Å². The molecule has 0 radical (unpaired) electrons. The number of sulfonamides is 1. The van der Waals surface area contributed by atoms with Crippen LogP contribution in [0, 0.1) is 6.92 Å². The number of hydrogen-bond acceptors (Lipinski definition) is 5. The van der Waals surface area contributed by atoms with Gasteiger partial charge in [-0.2, -0.15) is 0 Å². The second-order valence-corrected chi connectivity index (χ2v) is 8.65. The minimum absolute atomic E-state index is 0.0384. The number of hydrogen-bond donors (Lipinski definition) is 1. The smallest absolute Gasteiger partial charge is 0.244 e. The fourth-order valence-electron chi connectivity index (χ4n) is 3.16. The molecule has 0 amide bonds. The Bertz CT molecular complexity index is 938. The summed E-state index contributed by atoms with van der Waals surface area (Å²) in [6, 6.07) is 8.20. The van der Waals surface area contributed by atoms with Crippen molar-refractivity contribution >= 4 is 10.0 Å². The second-order valence-electron chi connectivity index (χ2n) is 6.97. The number of rotatable bonds is 8. The molecule has 0 aliphatic rings. The maximum atomic E-state index is 13.0. The molecule has 6 nitrogen and oxygen atoms in total. The predicted octanol–water partition coefficient (Wildman–Crippen LogP) is 4.18. The minimum Gasteiger partial charge on any atom is -0.497 e. The summed E-state index contributed by atoms with van der Waals surface area (Å²) in [5.41, 5.74) is 2.89. The Labute approximate surface area is 167 Å². The van der Waals surface area contributed by atoms with Crippen molar-refractivity contribution in [2.45, 2.75) is 44.6 Å². The summed E-state index contributed by atoms with van der Waals surface area (Å²) in [5, 5.41) is 0. The van der Waals surface area contributed by atoms with E-state index >= 15 is 0 Å². The summed E-state index contributed by atoms with van der Waals surface area (Å²) in [6.45, 7) is 7.92. The fraction of sp³-hybridized carbons (Fsp3) is 0.429. The third-order valence-electron chi connectivity index (χ3n) is 4.70. The van der Waals surface area contributed by atoms with Crippen molar-refractivity contribution in [2.24, 2.45) is 0 Å². The Morgan fingerprint density at radius 1 is 0.857 bits per heavy atom. The molecule has 154 valence electrons. The van der Waals surface area contributed by atoms with Crippen molar-refractivity contribution in [3.8, 4) is 17.2 Å². The van der Waals surface area contributed by atoms with Crippen molar-refractivity contribution in [1.82, 2.24) is 4.72 Å². The van der Waals surface area contributed by atoms with E-state index in [4.69, 9.17) is 14.2 Å². The van der Waals surface area contributed by atoms with Crippen LogP contribution in [0.15, 0.2) is 35.2 Å². The number of methoxy groups -OCH3 is 3. The molecule has 2 aromatic carbocycles. The Morgan fingerprint density at radius 3 is 2.04 bits per heavy atom. The average molecular weight is 408 g/mol. The fourth-order valence-corrected chi connectivity index (χ4v) is 4.57. The molecule has 0 aliphatic heterocycles. The van der Waals surface area contributed by atoms with Crippen molar-refractivity contribution < 1.29 is 22.6 Å². The largest absolute Gasteiger partial charge is 0.497 e. The number of benzene rings is 2. The van der Waals surface area contributed by atoms with Crippen molar-refractivity contribution in [3.63, 3.8) is 0 Å². The zero-order valence-electron chi connectivity index (χ0n) is 17.5. The molecular weight excluding hydrogens is 378 g/mol. The predicted molar refractivity (Wildman–Crippen MR) is 110 cm³/mol. The molecule has 1 N–H and O–H groups in total. The maximum Gasteiger partial charge on any atom is 0.244 e. The molecule has 0 bridgehead atoms. The van der Waals surface area contributed by atoms with Gasteiger partial charge in [0.2, 0.25) is 10.0 Å². The van der Waals surface area contributed by atoms with E-state index in [2.05, 4.69) is 18.6 Å². The first-order valence-corrected chi connectivity index (χ1v) is 10.6. The van der Waals surface area contributed by atoms with Gasteiger partial charge in [-0.05, 0) is 60.7 Å². The second kappa shape index (κ2) is 8.84. The van der Waals surface area contributed by atoms with E-state index in [1.807, 2.05) is 26.0 Å². The quantitative estimate of drug-likeness (QED) is 0.710. The normalized spacial score (nSPS) is 12.7. The third kappa shape index (κ3) is 4.59. The molecule has 0 saturated heterocycles. The van der Waals surface area contributed by atoms with E-state index in [1.54, 1.807) is 19.2 Å². The van der Waals surface area contributed by atoms with Crippen LogP contribution < -0.4 is 18.9 Å². The number of nitrogens with one attached hydrogen (secondary N) is 1. The van der Waals surface area contributed by atoms with Gasteiger partial charge in [-0.1, -0.05) is 13.8 Å². The first-order valence-electron chi connectivity index (χ1n) is 9.07. The molecule has 7 heteroatoms. The molecule has 2 aromatic rings. The zero-order chi connectivity index (χ0) is 21.1. The van der Waals surface area contributed by atoms with Crippen LogP contribution >= 0.6 is 0 Å². The lowest BCUT2D eigenvalue weighted by Crippen LogP contribution is -2.28.